The van der Waals surface area contributed by atoms with Crippen LogP contribution in [0.5, 0.6) is 0 Å². The molecular formula is C9H19NO2S. The standard InChI is InChI=1S/C9H19NO2S/c1-8(2,3)12-7-10-13(11)9(4,5)6/h7H,1-6H3. The number of hydrogen-bond donors (Lipinski definition) is 0. The molecular weight excluding hydrogens is 186 g/mol. The maximum absolute atomic E-state index is 11.4. The van der Waals surface area contributed by atoms with E-state index < -0.39 is 11.4 Å². The minimum Gasteiger partial charge on any atom is -0.591 e. The Morgan fingerprint density at radius 2 is 1.62 bits per heavy atom. The van der Waals surface area contributed by atoms with Gasteiger partial charge < -0.3 is 9.29 Å². The molecule has 13 heavy (non-hydrogen) atoms. The van der Waals surface area contributed by atoms with Crippen molar-refractivity contribution in [1.29, 1.82) is 0 Å². The topological polar surface area (TPSA) is 44.6 Å². The molecule has 4 heteroatoms. The molecule has 0 aromatic rings. The van der Waals surface area contributed by atoms with Crippen LogP contribution < -0.4 is 0 Å². The van der Waals surface area contributed by atoms with Crippen molar-refractivity contribution in [1.82, 2.24) is 0 Å². The molecule has 0 aliphatic carbocycles. The second-order valence-corrected chi connectivity index (χ2v) is 6.74. The zero-order valence-corrected chi connectivity index (χ0v) is 10.1. The molecule has 0 aromatic carbocycles. The summed E-state index contributed by atoms with van der Waals surface area (Å²) in [6.45, 7) is 11.4. The Hall–Kier alpha value is -0.220. The molecule has 0 heterocycles. The zero-order valence-electron chi connectivity index (χ0n) is 9.25. The van der Waals surface area contributed by atoms with Gasteiger partial charge in [-0.25, -0.2) is 0 Å². The van der Waals surface area contributed by atoms with E-state index >= 15 is 0 Å². The molecule has 0 bridgehead atoms. The molecule has 0 spiro atoms. The average Bonchev–Trinajstić information content (AvgIpc) is 1.82. The normalized spacial score (nSPS) is 16.2. The van der Waals surface area contributed by atoms with Gasteiger partial charge in [0.05, 0.1) is 0 Å². The quantitative estimate of drug-likeness (QED) is 0.394. The Labute approximate surface area is 83.9 Å². The highest BCUT2D eigenvalue weighted by atomic mass is 32.2. The summed E-state index contributed by atoms with van der Waals surface area (Å²) >= 11 is -1.23. The van der Waals surface area contributed by atoms with Gasteiger partial charge in [-0.1, -0.05) is 0 Å². The molecule has 78 valence electrons. The summed E-state index contributed by atoms with van der Waals surface area (Å²) in [5, 5.41) is 0. The maximum atomic E-state index is 11.4. The largest absolute Gasteiger partial charge is 0.591 e. The molecule has 0 rings (SSSR count). The van der Waals surface area contributed by atoms with Crippen LogP contribution in [0.2, 0.25) is 0 Å². The van der Waals surface area contributed by atoms with Crippen molar-refractivity contribution >= 4 is 17.8 Å². The highest BCUT2D eigenvalue weighted by Crippen LogP contribution is 2.16. The Morgan fingerprint density at radius 1 is 1.15 bits per heavy atom. The predicted molar refractivity (Wildman–Crippen MR) is 57.2 cm³/mol. The Balaban J connectivity index is 4.00. The van der Waals surface area contributed by atoms with E-state index in [-0.39, 0.29) is 10.3 Å². The van der Waals surface area contributed by atoms with Crippen LogP contribution in [-0.2, 0) is 16.1 Å². The third-order valence-electron chi connectivity index (χ3n) is 1.07. The number of nitrogens with zero attached hydrogens (tertiary/aromatic N) is 1. The van der Waals surface area contributed by atoms with Crippen molar-refractivity contribution in [3.05, 3.63) is 0 Å². The van der Waals surface area contributed by atoms with Crippen LogP contribution in [0.1, 0.15) is 41.5 Å². The van der Waals surface area contributed by atoms with E-state index in [1.165, 1.54) is 6.40 Å². The Bertz CT molecular complexity index is 179. The van der Waals surface area contributed by atoms with E-state index in [0.717, 1.165) is 0 Å². The molecule has 0 amide bonds. The lowest BCUT2D eigenvalue weighted by Crippen LogP contribution is -2.26. The first-order chi connectivity index (χ1) is 5.63. The molecule has 1 atom stereocenters. The van der Waals surface area contributed by atoms with Crippen molar-refractivity contribution in [2.45, 2.75) is 51.9 Å². The molecule has 0 radical (unpaired) electrons. The van der Waals surface area contributed by atoms with Crippen molar-refractivity contribution < 1.29 is 9.29 Å². The van der Waals surface area contributed by atoms with Crippen LogP contribution in [0.15, 0.2) is 4.40 Å². The maximum Gasteiger partial charge on any atom is 0.224 e. The highest BCUT2D eigenvalue weighted by Gasteiger charge is 2.26. The third-order valence-corrected chi connectivity index (χ3v) is 2.39. The Kier molecular flexibility index (Phi) is 4.26. The van der Waals surface area contributed by atoms with Crippen LogP contribution in [0.3, 0.4) is 0 Å². The van der Waals surface area contributed by atoms with Crippen LogP contribution in [0.4, 0.5) is 0 Å². The molecule has 0 aliphatic rings. The first-order valence-electron chi connectivity index (χ1n) is 4.25. The van der Waals surface area contributed by atoms with E-state index in [1.807, 2.05) is 41.5 Å². The summed E-state index contributed by atoms with van der Waals surface area (Å²) in [6.07, 6.45) is 1.28. The van der Waals surface area contributed by atoms with Crippen LogP contribution in [0, 0.1) is 0 Å². The van der Waals surface area contributed by atoms with Gasteiger partial charge in [0.15, 0.2) is 0 Å². The lowest BCUT2D eigenvalue weighted by Gasteiger charge is -2.19. The number of hydrogen-bond acceptors (Lipinski definition) is 3. The van der Waals surface area contributed by atoms with E-state index in [0.29, 0.717) is 0 Å². The summed E-state index contributed by atoms with van der Waals surface area (Å²) in [5.41, 5.74) is -0.272. The van der Waals surface area contributed by atoms with Gasteiger partial charge in [-0.05, 0) is 45.9 Å². The minimum atomic E-state index is -1.23. The van der Waals surface area contributed by atoms with Crippen molar-refractivity contribution in [2.24, 2.45) is 4.40 Å². The van der Waals surface area contributed by atoms with Gasteiger partial charge in [0.25, 0.3) is 0 Å². The summed E-state index contributed by atoms with van der Waals surface area (Å²) in [5.74, 6) is 0. The monoisotopic (exact) mass is 205 g/mol. The second-order valence-electron chi connectivity index (χ2n) is 4.80. The van der Waals surface area contributed by atoms with Crippen LogP contribution in [-0.4, -0.2) is 21.3 Å². The minimum absolute atomic E-state index is 0.272. The first-order valence-corrected chi connectivity index (χ1v) is 5.36. The summed E-state index contributed by atoms with van der Waals surface area (Å²) in [6, 6.07) is 0. The number of rotatable bonds is 2. The summed E-state index contributed by atoms with van der Waals surface area (Å²) in [4.78, 5) is 0. The highest BCUT2D eigenvalue weighted by molar-refractivity contribution is 7.91. The van der Waals surface area contributed by atoms with E-state index in [4.69, 9.17) is 4.74 Å². The van der Waals surface area contributed by atoms with Gasteiger partial charge in [-0.3, -0.25) is 0 Å². The van der Waals surface area contributed by atoms with Gasteiger partial charge >= 0.3 is 0 Å². The molecule has 1 unspecified atom stereocenters. The summed E-state index contributed by atoms with van der Waals surface area (Å²) < 4.78 is 20.1. The van der Waals surface area contributed by atoms with Gasteiger partial charge in [0, 0.05) is 0 Å². The molecule has 0 fully saturated rings. The van der Waals surface area contributed by atoms with Gasteiger partial charge in [-0.2, -0.15) is 0 Å². The SMILES string of the molecule is CC(C)(C)OC=N[S+]([O-])C(C)(C)C. The molecule has 3 nitrogen and oxygen atoms in total. The van der Waals surface area contributed by atoms with Crippen LogP contribution >= 0.6 is 0 Å². The third kappa shape index (κ3) is 6.90. The van der Waals surface area contributed by atoms with Crippen molar-refractivity contribution in [3.8, 4) is 0 Å². The van der Waals surface area contributed by atoms with Crippen molar-refractivity contribution in [3.63, 3.8) is 0 Å². The molecule has 0 aliphatic heterocycles. The van der Waals surface area contributed by atoms with E-state index in [2.05, 4.69) is 4.40 Å². The Morgan fingerprint density at radius 3 is 1.92 bits per heavy atom. The molecule has 0 N–H and O–H groups in total. The zero-order chi connectivity index (χ0) is 10.7. The fourth-order valence-corrected chi connectivity index (χ4v) is 0.814. The van der Waals surface area contributed by atoms with Crippen molar-refractivity contribution in [2.75, 3.05) is 0 Å². The van der Waals surface area contributed by atoms with Gasteiger partial charge in [0.2, 0.25) is 6.40 Å². The average molecular weight is 205 g/mol. The van der Waals surface area contributed by atoms with E-state index in [1.54, 1.807) is 0 Å². The lowest BCUT2D eigenvalue weighted by atomic mass is 10.2. The molecule has 0 aromatic heterocycles. The molecule has 0 saturated heterocycles. The lowest BCUT2D eigenvalue weighted by molar-refractivity contribution is 0.127. The predicted octanol–water partition coefficient (Wildman–Crippen LogP) is 2.29. The van der Waals surface area contributed by atoms with Gasteiger partial charge in [-0.15, -0.1) is 0 Å². The molecule has 0 saturated carbocycles. The van der Waals surface area contributed by atoms with Gasteiger partial charge in [0.1, 0.15) is 21.7 Å². The first kappa shape index (κ1) is 12.8. The smallest absolute Gasteiger partial charge is 0.224 e. The second kappa shape index (κ2) is 4.33. The van der Waals surface area contributed by atoms with E-state index in [9.17, 15) is 4.55 Å². The fourth-order valence-electron chi connectivity index (χ4n) is 0.377. The van der Waals surface area contributed by atoms with Crippen LogP contribution in [0.25, 0.3) is 0 Å². The fraction of sp³-hybridized carbons (Fsp3) is 0.889. The summed E-state index contributed by atoms with van der Waals surface area (Å²) in [7, 11) is 0. The number of ether oxygens (including phenoxy) is 1.